The van der Waals surface area contributed by atoms with E-state index in [9.17, 15) is 5.11 Å². The van der Waals surface area contributed by atoms with Crippen molar-refractivity contribution in [2.24, 2.45) is 10.8 Å². The van der Waals surface area contributed by atoms with E-state index in [1.54, 1.807) is 0 Å². The van der Waals surface area contributed by atoms with Gasteiger partial charge in [-0.15, -0.1) is 0 Å². The molecule has 1 fully saturated rings. The highest BCUT2D eigenvalue weighted by Crippen LogP contribution is 2.45. The Kier molecular flexibility index (Phi) is 3.28. The van der Waals surface area contributed by atoms with Gasteiger partial charge >= 0.3 is 0 Å². The van der Waals surface area contributed by atoms with Gasteiger partial charge in [0.1, 0.15) is 0 Å². The summed E-state index contributed by atoms with van der Waals surface area (Å²) in [5.41, 5.74) is 1.55. The first-order chi connectivity index (χ1) is 7.97. The summed E-state index contributed by atoms with van der Waals surface area (Å²) in [6.45, 7) is 10.00. The zero-order valence-corrected chi connectivity index (χ0v) is 11.1. The summed E-state index contributed by atoms with van der Waals surface area (Å²) < 4.78 is 0. The molecule has 1 saturated heterocycles. The summed E-state index contributed by atoms with van der Waals surface area (Å²) in [6, 6.07) is 10.6. The topological polar surface area (TPSA) is 23.5 Å². The molecule has 2 heteroatoms. The molecule has 94 valence electrons. The number of likely N-dealkylation sites (tertiary alicyclic amines) is 1. The van der Waals surface area contributed by atoms with Crippen molar-refractivity contribution in [1.82, 2.24) is 4.90 Å². The zero-order chi connectivity index (χ0) is 12.5. The highest BCUT2D eigenvalue weighted by atomic mass is 16.3. The number of rotatable bonds is 3. The molecule has 1 unspecified atom stereocenters. The van der Waals surface area contributed by atoms with Gasteiger partial charge in [-0.1, -0.05) is 51.1 Å². The van der Waals surface area contributed by atoms with E-state index in [4.69, 9.17) is 0 Å². The Morgan fingerprint density at radius 2 is 1.76 bits per heavy atom. The minimum atomic E-state index is 0.0157. The maximum atomic E-state index is 9.62. The average Bonchev–Trinajstić information content (AvgIpc) is 2.51. The van der Waals surface area contributed by atoms with Gasteiger partial charge < -0.3 is 5.11 Å². The van der Waals surface area contributed by atoms with Crippen molar-refractivity contribution in [2.45, 2.75) is 27.3 Å². The van der Waals surface area contributed by atoms with Gasteiger partial charge in [0.05, 0.1) is 6.61 Å². The maximum absolute atomic E-state index is 9.62. The van der Waals surface area contributed by atoms with E-state index >= 15 is 0 Å². The molecule has 2 rings (SSSR count). The second-order valence-corrected chi connectivity index (χ2v) is 6.23. The maximum Gasteiger partial charge on any atom is 0.0502 e. The molecule has 1 aromatic rings. The largest absolute Gasteiger partial charge is 0.396 e. The summed E-state index contributed by atoms with van der Waals surface area (Å²) in [6.07, 6.45) is 0. The Balaban J connectivity index is 2.07. The fraction of sp³-hybridized carbons (Fsp3) is 0.600. The summed E-state index contributed by atoms with van der Waals surface area (Å²) in [5, 5.41) is 9.62. The van der Waals surface area contributed by atoms with Gasteiger partial charge in [-0.2, -0.15) is 0 Å². The Hall–Kier alpha value is -0.860. The lowest BCUT2D eigenvalue weighted by Gasteiger charge is -2.35. The lowest BCUT2D eigenvalue weighted by molar-refractivity contribution is 0.0657. The molecule has 1 aliphatic heterocycles. The number of hydrogen-bond acceptors (Lipinski definition) is 2. The molecule has 1 aromatic carbocycles. The second-order valence-electron chi connectivity index (χ2n) is 6.23. The third kappa shape index (κ3) is 2.38. The third-order valence-electron chi connectivity index (χ3n) is 4.42. The average molecular weight is 233 g/mol. The molecule has 0 spiro atoms. The first kappa shape index (κ1) is 12.6. The van der Waals surface area contributed by atoms with E-state index in [1.165, 1.54) is 5.56 Å². The van der Waals surface area contributed by atoms with Crippen LogP contribution in [0.15, 0.2) is 30.3 Å². The molecule has 1 heterocycles. The number of benzene rings is 1. The molecule has 0 radical (unpaired) electrons. The van der Waals surface area contributed by atoms with E-state index < -0.39 is 0 Å². The summed E-state index contributed by atoms with van der Waals surface area (Å²) in [7, 11) is 0. The number of nitrogens with zero attached hydrogens (tertiary/aromatic N) is 1. The van der Waals surface area contributed by atoms with Crippen LogP contribution >= 0.6 is 0 Å². The van der Waals surface area contributed by atoms with Crippen LogP contribution < -0.4 is 0 Å². The number of aliphatic hydroxyl groups is 1. The van der Waals surface area contributed by atoms with Crippen molar-refractivity contribution >= 4 is 0 Å². The molecule has 0 aromatic heterocycles. The van der Waals surface area contributed by atoms with Gasteiger partial charge in [-0.25, -0.2) is 0 Å². The van der Waals surface area contributed by atoms with Crippen LogP contribution in [0.2, 0.25) is 0 Å². The molecule has 1 aliphatic rings. The molecular formula is C15H23NO. The SMILES string of the molecule is CC1(C)CN(Cc2ccccc2)CC1(C)CO. The van der Waals surface area contributed by atoms with Gasteiger partial charge in [-0.3, -0.25) is 4.90 Å². The van der Waals surface area contributed by atoms with Gasteiger partial charge in [0.2, 0.25) is 0 Å². The molecule has 0 bridgehead atoms. The second kappa shape index (κ2) is 4.43. The van der Waals surface area contributed by atoms with Gasteiger partial charge in [0.15, 0.2) is 0 Å². The number of aliphatic hydroxyl groups excluding tert-OH is 1. The standard InChI is InChI=1S/C15H23NO/c1-14(2)10-16(11-15(14,3)12-17)9-13-7-5-4-6-8-13/h4-8,17H,9-12H2,1-3H3. The van der Waals surface area contributed by atoms with Crippen LogP contribution in [-0.2, 0) is 6.54 Å². The van der Waals surface area contributed by atoms with Crippen molar-refractivity contribution in [1.29, 1.82) is 0 Å². The summed E-state index contributed by atoms with van der Waals surface area (Å²) >= 11 is 0. The Morgan fingerprint density at radius 1 is 1.12 bits per heavy atom. The van der Waals surface area contributed by atoms with Crippen molar-refractivity contribution in [3.8, 4) is 0 Å². The van der Waals surface area contributed by atoms with E-state index in [0.717, 1.165) is 19.6 Å². The van der Waals surface area contributed by atoms with Crippen molar-refractivity contribution in [2.75, 3.05) is 19.7 Å². The van der Waals surface area contributed by atoms with E-state index in [1.807, 2.05) is 0 Å². The van der Waals surface area contributed by atoms with Gasteiger partial charge in [0.25, 0.3) is 0 Å². The smallest absolute Gasteiger partial charge is 0.0502 e. The van der Waals surface area contributed by atoms with Crippen LogP contribution in [0.1, 0.15) is 26.3 Å². The molecule has 1 atom stereocenters. The van der Waals surface area contributed by atoms with Crippen LogP contribution in [0, 0.1) is 10.8 Å². The fourth-order valence-electron chi connectivity index (χ4n) is 2.73. The van der Waals surface area contributed by atoms with Crippen LogP contribution in [0.25, 0.3) is 0 Å². The first-order valence-corrected chi connectivity index (χ1v) is 6.34. The Bertz CT molecular complexity index is 374. The van der Waals surface area contributed by atoms with E-state index in [-0.39, 0.29) is 17.4 Å². The zero-order valence-electron chi connectivity index (χ0n) is 11.1. The molecule has 0 saturated carbocycles. The van der Waals surface area contributed by atoms with Gasteiger partial charge in [0, 0.05) is 25.0 Å². The van der Waals surface area contributed by atoms with E-state index in [0.29, 0.717) is 0 Å². The number of hydrogen-bond donors (Lipinski definition) is 1. The first-order valence-electron chi connectivity index (χ1n) is 6.34. The molecular weight excluding hydrogens is 210 g/mol. The van der Waals surface area contributed by atoms with Crippen LogP contribution in [0.5, 0.6) is 0 Å². The highest BCUT2D eigenvalue weighted by Gasteiger charge is 2.48. The molecule has 0 aliphatic carbocycles. The summed E-state index contributed by atoms with van der Waals surface area (Å²) in [5.74, 6) is 0. The monoisotopic (exact) mass is 233 g/mol. The molecule has 2 nitrogen and oxygen atoms in total. The van der Waals surface area contributed by atoms with E-state index in [2.05, 4.69) is 56.0 Å². The quantitative estimate of drug-likeness (QED) is 0.867. The van der Waals surface area contributed by atoms with Crippen molar-refractivity contribution < 1.29 is 5.11 Å². The minimum absolute atomic E-state index is 0.0157. The predicted octanol–water partition coefficient (Wildman–Crippen LogP) is 2.53. The molecule has 1 N–H and O–H groups in total. The van der Waals surface area contributed by atoms with Crippen LogP contribution in [0.3, 0.4) is 0 Å². The third-order valence-corrected chi connectivity index (χ3v) is 4.42. The lowest BCUT2D eigenvalue weighted by Crippen LogP contribution is -2.36. The lowest BCUT2D eigenvalue weighted by atomic mass is 9.70. The normalized spacial score (nSPS) is 28.5. The van der Waals surface area contributed by atoms with Crippen molar-refractivity contribution in [3.05, 3.63) is 35.9 Å². The Labute approximate surface area is 104 Å². The molecule has 17 heavy (non-hydrogen) atoms. The predicted molar refractivity (Wildman–Crippen MR) is 70.7 cm³/mol. The summed E-state index contributed by atoms with van der Waals surface area (Å²) in [4.78, 5) is 2.45. The van der Waals surface area contributed by atoms with Crippen molar-refractivity contribution in [3.63, 3.8) is 0 Å². The van der Waals surface area contributed by atoms with Crippen LogP contribution in [0.4, 0.5) is 0 Å². The molecule has 0 amide bonds. The fourth-order valence-corrected chi connectivity index (χ4v) is 2.73. The van der Waals surface area contributed by atoms with Crippen LogP contribution in [-0.4, -0.2) is 29.7 Å². The highest BCUT2D eigenvalue weighted by molar-refractivity contribution is 5.15. The Morgan fingerprint density at radius 3 is 2.29 bits per heavy atom. The minimum Gasteiger partial charge on any atom is -0.396 e. The van der Waals surface area contributed by atoms with Gasteiger partial charge in [-0.05, 0) is 11.0 Å².